The highest BCUT2D eigenvalue weighted by Gasteiger charge is 2.18. The topological polar surface area (TPSA) is 110 Å². The quantitative estimate of drug-likeness (QED) is 0.325. The normalized spacial score (nSPS) is 11.2. The standard InChI is InChI=1S/C22H14BrCl2N7O2/c1-11-8-18(27-20(33)15-9-12(23)2-7-17(15)25)32(30-11)22-28-19-16(21(34)29-22)10-26-31(19)14-5-3-13(24)4-6-14/h2-10H,1H3,(H,27,33)(H,28,29,34). The van der Waals surface area contributed by atoms with Crippen molar-refractivity contribution < 1.29 is 4.79 Å². The van der Waals surface area contributed by atoms with Gasteiger partial charge in [-0.15, -0.1) is 0 Å². The van der Waals surface area contributed by atoms with Gasteiger partial charge in [0.25, 0.3) is 11.5 Å². The van der Waals surface area contributed by atoms with Crippen LogP contribution in [0, 0.1) is 6.92 Å². The van der Waals surface area contributed by atoms with Crippen LogP contribution in [0.1, 0.15) is 16.1 Å². The van der Waals surface area contributed by atoms with Gasteiger partial charge < -0.3 is 5.32 Å². The van der Waals surface area contributed by atoms with Gasteiger partial charge in [-0.3, -0.25) is 14.6 Å². The maximum Gasteiger partial charge on any atom is 0.263 e. The van der Waals surface area contributed by atoms with E-state index in [9.17, 15) is 9.59 Å². The van der Waals surface area contributed by atoms with Crippen LogP contribution >= 0.6 is 39.1 Å². The molecule has 0 saturated heterocycles. The molecular formula is C22H14BrCl2N7O2. The highest BCUT2D eigenvalue weighted by atomic mass is 79.9. The van der Waals surface area contributed by atoms with Gasteiger partial charge in [-0.05, 0) is 49.4 Å². The second-order valence-electron chi connectivity index (χ2n) is 7.32. The number of aromatic amines is 1. The van der Waals surface area contributed by atoms with E-state index in [0.717, 1.165) is 0 Å². The Bertz CT molecular complexity index is 1620. The zero-order chi connectivity index (χ0) is 24.0. The average molecular weight is 559 g/mol. The number of anilines is 1. The van der Waals surface area contributed by atoms with Crippen LogP contribution in [0.5, 0.6) is 0 Å². The first kappa shape index (κ1) is 22.3. The predicted octanol–water partition coefficient (Wildman–Crippen LogP) is 4.92. The van der Waals surface area contributed by atoms with Crippen molar-refractivity contribution in [2.75, 3.05) is 5.32 Å². The number of nitrogens with zero attached hydrogens (tertiary/aromatic N) is 5. The fourth-order valence-electron chi connectivity index (χ4n) is 3.38. The molecule has 5 aromatic rings. The van der Waals surface area contributed by atoms with Crippen LogP contribution in [0.25, 0.3) is 22.7 Å². The first-order valence-electron chi connectivity index (χ1n) is 9.87. The number of carbonyl (C=O) groups excluding carboxylic acids is 1. The zero-order valence-electron chi connectivity index (χ0n) is 17.4. The molecule has 9 nitrogen and oxygen atoms in total. The number of halogens is 3. The monoisotopic (exact) mass is 557 g/mol. The fraction of sp³-hybridized carbons (Fsp3) is 0.0455. The Morgan fingerprint density at radius 3 is 2.62 bits per heavy atom. The molecule has 0 spiro atoms. The van der Waals surface area contributed by atoms with Gasteiger partial charge in [-0.2, -0.15) is 19.9 Å². The van der Waals surface area contributed by atoms with E-state index in [2.05, 4.69) is 41.4 Å². The van der Waals surface area contributed by atoms with Gasteiger partial charge in [0, 0.05) is 15.6 Å². The highest BCUT2D eigenvalue weighted by Crippen LogP contribution is 2.24. The Balaban J connectivity index is 1.59. The summed E-state index contributed by atoms with van der Waals surface area (Å²) < 4.78 is 3.58. The zero-order valence-corrected chi connectivity index (χ0v) is 20.5. The van der Waals surface area contributed by atoms with E-state index in [1.807, 2.05) is 0 Å². The molecule has 3 aromatic heterocycles. The number of H-pyrrole nitrogens is 1. The Morgan fingerprint density at radius 1 is 1.09 bits per heavy atom. The smallest absolute Gasteiger partial charge is 0.263 e. The molecule has 0 atom stereocenters. The summed E-state index contributed by atoms with van der Waals surface area (Å²) in [5, 5.41) is 12.6. The minimum absolute atomic E-state index is 0.108. The van der Waals surface area contributed by atoms with Gasteiger partial charge in [-0.1, -0.05) is 39.1 Å². The summed E-state index contributed by atoms with van der Waals surface area (Å²) in [5.74, 6) is -0.0300. The number of fused-ring (bicyclic) bond motifs is 1. The van der Waals surface area contributed by atoms with Crippen LogP contribution < -0.4 is 10.9 Å². The third-order valence-corrected chi connectivity index (χ3v) is 6.02. The molecule has 170 valence electrons. The number of carbonyl (C=O) groups is 1. The summed E-state index contributed by atoms with van der Waals surface area (Å²) in [7, 11) is 0. The molecule has 2 N–H and O–H groups in total. The van der Waals surface area contributed by atoms with E-state index < -0.39 is 11.5 Å². The van der Waals surface area contributed by atoms with Crippen molar-refractivity contribution in [1.82, 2.24) is 29.5 Å². The summed E-state index contributed by atoms with van der Waals surface area (Å²) >= 11 is 15.5. The van der Waals surface area contributed by atoms with Crippen LogP contribution in [-0.4, -0.2) is 35.4 Å². The van der Waals surface area contributed by atoms with Crippen LogP contribution in [-0.2, 0) is 0 Å². The molecule has 34 heavy (non-hydrogen) atoms. The van der Waals surface area contributed by atoms with E-state index >= 15 is 0 Å². The van der Waals surface area contributed by atoms with Crippen molar-refractivity contribution in [2.45, 2.75) is 6.92 Å². The number of hydrogen-bond acceptors (Lipinski definition) is 5. The van der Waals surface area contributed by atoms with E-state index in [-0.39, 0.29) is 11.5 Å². The van der Waals surface area contributed by atoms with Gasteiger partial charge in [0.1, 0.15) is 11.2 Å². The van der Waals surface area contributed by atoms with Gasteiger partial charge in [-0.25, -0.2) is 4.68 Å². The summed E-state index contributed by atoms with van der Waals surface area (Å²) in [6.45, 7) is 1.76. The molecule has 0 unspecified atom stereocenters. The van der Waals surface area contributed by atoms with E-state index in [0.29, 0.717) is 42.8 Å². The van der Waals surface area contributed by atoms with Crippen molar-refractivity contribution in [1.29, 1.82) is 0 Å². The van der Waals surface area contributed by atoms with E-state index in [1.165, 1.54) is 15.6 Å². The summed E-state index contributed by atoms with van der Waals surface area (Å²) in [6, 6.07) is 13.6. The number of hydrogen-bond donors (Lipinski definition) is 2. The fourth-order valence-corrected chi connectivity index (χ4v) is 4.07. The molecule has 12 heteroatoms. The predicted molar refractivity (Wildman–Crippen MR) is 133 cm³/mol. The lowest BCUT2D eigenvalue weighted by Gasteiger charge is -2.10. The second kappa shape index (κ2) is 8.71. The number of rotatable bonds is 4. The molecule has 1 amide bonds. The number of aromatic nitrogens is 6. The Kier molecular flexibility index (Phi) is 5.72. The van der Waals surface area contributed by atoms with Crippen LogP contribution in [0.15, 0.2) is 64.0 Å². The van der Waals surface area contributed by atoms with Gasteiger partial charge in [0.15, 0.2) is 5.65 Å². The number of nitrogens with one attached hydrogen (secondary N) is 2. The molecule has 0 fully saturated rings. The first-order valence-corrected chi connectivity index (χ1v) is 11.4. The summed E-state index contributed by atoms with van der Waals surface area (Å²) in [6.07, 6.45) is 1.44. The Labute approximate surface area is 210 Å². The maximum atomic E-state index is 12.9. The molecule has 3 heterocycles. The third kappa shape index (κ3) is 4.11. The van der Waals surface area contributed by atoms with Crippen molar-refractivity contribution in [3.8, 4) is 11.6 Å². The largest absolute Gasteiger partial charge is 0.306 e. The van der Waals surface area contributed by atoms with Crippen LogP contribution in [0.3, 0.4) is 0 Å². The lowest BCUT2D eigenvalue weighted by Crippen LogP contribution is -2.19. The Hall–Kier alpha value is -3.47. The van der Waals surface area contributed by atoms with Gasteiger partial charge >= 0.3 is 0 Å². The van der Waals surface area contributed by atoms with Crippen molar-refractivity contribution >= 4 is 61.9 Å². The molecule has 0 aliphatic heterocycles. The minimum Gasteiger partial charge on any atom is -0.306 e. The SMILES string of the molecule is Cc1cc(NC(=O)c2cc(Br)ccc2Cl)n(-c2nc3c(cnn3-c3ccc(Cl)cc3)c(=O)[nH]2)n1. The van der Waals surface area contributed by atoms with Crippen molar-refractivity contribution in [3.63, 3.8) is 0 Å². The average Bonchev–Trinajstić information content (AvgIpc) is 3.39. The molecule has 2 aromatic carbocycles. The summed E-state index contributed by atoms with van der Waals surface area (Å²) in [5.41, 5.74) is 1.48. The lowest BCUT2D eigenvalue weighted by atomic mass is 10.2. The molecule has 0 bridgehead atoms. The minimum atomic E-state index is -0.443. The first-order chi connectivity index (χ1) is 16.3. The van der Waals surface area contributed by atoms with Crippen LogP contribution in [0.4, 0.5) is 5.82 Å². The molecule has 5 rings (SSSR count). The Morgan fingerprint density at radius 2 is 1.85 bits per heavy atom. The molecule has 0 radical (unpaired) electrons. The third-order valence-electron chi connectivity index (χ3n) is 4.94. The van der Waals surface area contributed by atoms with Gasteiger partial charge in [0.05, 0.1) is 28.2 Å². The molecule has 0 aliphatic rings. The van der Waals surface area contributed by atoms with E-state index in [1.54, 1.807) is 55.5 Å². The maximum absolute atomic E-state index is 12.9. The van der Waals surface area contributed by atoms with Crippen molar-refractivity contribution in [3.05, 3.63) is 90.9 Å². The van der Waals surface area contributed by atoms with Gasteiger partial charge in [0.2, 0.25) is 5.95 Å². The lowest BCUT2D eigenvalue weighted by molar-refractivity contribution is 0.102. The molecule has 0 saturated carbocycles. The number of benzene rings is 2. The van der Waals surface area contributed by atoms with E-state index in [4.69, 9.17) is 23.2 Å². The highest BCUT2D eigenvalue weighted by molar-refractivity contribution is 9.10. The summed E-state index contributed by atoms with van der Waals surface area (Å²) in [4.78, 5) is 33.0. The van der Waals surface area contributed by atoms with Crippen LogP contribution in [0.2, 0.25) is 10.0 Å². The molecule has 0 aliphatic carbocycles. The second-order valence-corrected chi connectivity index (χ2v) is 9.08. The number of amides is 1. The van der Waals surface area contributed by atoms with Crippen molar-refractivity contribution in [2.24, 2.45) is 0 Å². The molecular weight excluding hydrogens is 545 g/mol. The number of aryl methyl sites for hydroxylation is 1.